The van der Waals surface area contributed by atoms with Crippen LogP contribution >= 0.6 is 35.7 Å². The molecule has 3 rings (SSSR count). The maximum Gasteiger partial charge on any atom is 0.133 e. The van der Waals surface area contributed by atoms with Crippen LogP contribution in [0.25, 0.3) is 11.3 Å². The Bertz CT molecular complexity index is 682. The van der Waals surface area contributed by atoms with Crippen LogP contribution in [-0.4, -0.2) is 26.7 Å². The SMILES string of the molecule is Cc1c(-c2ccccc2)[nH]c(C2SCCSC2C)nc1=S. The van der Waals surface area contributed by atoms with E-state index in [-0.39, 0.29) is 0 Å². The second kappa shape index (κ2) is 6.55. The van der Waals surface area contributed by atoms with Crippen LogP contribution in [0, 0.1) is 11.6 Å². The summed E-state index contributed by atoms with van der Waals surface area (Å²) in [5.74, 6) is 3.42. The van der Waals surface area contributed by atoms with Gasteiger partial charge in [-0.3, -0.25) is 0 Å². The lowest BCUT2D eigenvalue weighted by Gasteiger charge is -2.27. The molecule has 1 aliphatic heterocycles. The van der Waals surface area contributed by atoms with Gasteiger partial charge in [0.05, 0.1) is 10.9 Å². The van der Waals surface area contributed by atoms with Crippen molar-refractivity contribution in [2.75, 3.05) is 11.5 Å². The quantitative estimate of drug-likeness (QED) is 0.780. The fourth-order valence-corrected chi connectivity index (χ4v) is 5.42. The number of rotatable bonds is 2. The topological polar surface area (TPSA) is 28.7 Å². The first-order valence-electron chi connectivity index (χ1n) is 7.06. The van der Waals surface area contributed by atoms with Crippen molar-refractivity contribution in [1.82, 2.24) is 9.97 Å². The Morgan fingerprint density at radius 2 is 1.90 bits per heavy atom. The van der Waals surface area contributed by atoms with E-state index in [0.717, 1.165) is 17.1 Å². The molecular formula is C16H18N2S3. The summed E-state index contributed by atoms with van der Waals surface area (Å²) in [6, 6.07) is 10.4. The van der Waals surface area contributed by atoms with E-state index in [2.05, 4.69) is 41.2 Å². The number of H-pyrrole nitrogens is 1. The third-order valence-electron chi connectivity index (χ3n) is 3.69. The molecular weight excluding hydrogens is 316 g/mol. The van der Waals surface area contributed by atoms with Gasteiger partial charge in [-0.05, 0) is 12.5 Å². The molecule has 1 saturated heterocycles. The molecule has 0 aliphatic carbocycles. The normalized spacial score (nSPS) is 22.2. The minimum atomic E-state index is 0.397. The lowest BCUT2D eigenvalue weighted by molar-refractivity contribution is 0.818. The van der Waals surface area contributed by atoms with Gasteiger partial charge in [0.2, 0.25) is 0 Å². The van der Waals surface area contributed by atoms with E-state index < -0.39 is 0 Å². The average Bonchev–Trinajstić information content (AvgIpc) is 2.51. The van der Waals surface area contributed by atoms with Gasteiger partial charge in [0.15, 0.2) is 0 Å². The van der Waals surface area contributed by atoms with Crippen LogP contribution in [0.4, 0.5) is 0 Å². The van der Waals surface area contributed by atoms with Gasteiger partial charge >= 0.3 is 0 Å². The Morgan fingerprint density at radius 1 is 1.19 bits per heavy atom. The van der Waals surface area contributed by atoms with Gasteiger partial charge in [0.25, 0.3) is 0 Å². The molecule has 1 N–H and O–H groups in total. The maximum absolute atomic E-state index is 5.49. The number of thioether (sulfide) groups is 2. The first-order valence-corrected chi connectivity index (χ1v) is 9.57. The van der Waals surface area contributed by atoms with Crippen LogP contribution in [0.5, 0.6) is 0 Å². The zero-order valence-electron chi connectivity index (χ0n) is 12.1. The standard InChI is InChI=1S/C16H18N2S3/c1-10-13(12-6-4-3-5-7-12)17-15(18-16(10)19)14-11(2)20-8-9-21-14/h3-7,11,14H,8-9H2,1-2H3,(H,17,18,19). The second-order valence-electron chi connectivity index (χ2n) is 5.16. The molecule has 2 aromatic rings. The summed E-state index contributed by atoms with van der Waals surface area (Å²) in [6.45, 7) is 4.33. The minimum absolute atomic E-state index is 0.397. The van der Waals surface area contributed by atoms with Crippen molar-refractivity contribution in [2.24, 2.45) is 0 Å². The predicted molar refractivity (Wildman–Crippen MR) is 96.7 cm³/mol. The molecule has 0 bridgehead atoms. The molecule has 1 aliphatic rings. The highest BCUT2D eigenvalue weighted by molar-refractivity contribution is 8.06. The van der Waals surface area contributed by atoms with Gasteiger partial charge in [-0.15, -0.1) is 11.8 Å². The van der Waals surface area contributed by atoms with E-state index in [4.69, 9.17) is 12.2 Å². The molecule has 0 radical (unpaired) electrons. The van der Waals surface area contributed by atoms with E-state index in [0.29, 0.717) is 15.1 Å². The van der Waals surface area contributed by atoms with Crippen LogP contribution < -0.4 is 0 Å². The van der Waals surface area contributed by atoms with Crippen molar-refractivity contribution < 1.29 is 0 Å². The molecule has 1 aromatic carbocycles. The molecule has 0 saturated carbocycles. The summed E-state index contributed by atoms with van der Waals surface area (Å²) in [4.78, 5) is 8.22. The average molecular weight is 335 g/mol. The van der Waals surface area contributed by atoms with Crippen LogP contribution in [0.15, 0.2) is 30.3 Å². The first-order chi connectivity index (χ1) is 10.2. The van der Waals surface area contributed by atoms with Crippen LogP contribution in [-0.2, 0) is 0 Å². The first kappa shape index (κ1) is 15.1. The number of aromatic amines is 1. The molecule has 1 fully saturated rings. The van der Waals surface area contributed by atoms with Gasteiger partial charge < -0.3 is 4.98 Å². The van der Waals surface area contributed by atoms with Gasteiger partial charge in [-0.1, -0.05) is 49.5 Å². The molecule has 5 heteroatoms. The van der Waals surface area contributed by atoms with Gasteiger partial charge in [0.1, 0.15) is 10.5 Å². The van der Waals surface area contributed by atoms with E-state index in [9.17, 15) is 0 Å². The summed E-state index contributed by atoms with van der Waals surface area (Å²) >= 11 is 9.49. The number of nitrogens with zero attached hydrogens (tertiary/aromatic N) is 1. The highest BCUT2D eigenvalue weighted by Crippen LogP contribution is 2.41. The number of hydrogen-bond donors (Lipinski definition) is 1. The van der Waals surface area contributed by atoms with E-state index in [1.54, 1.807) is 0 Å². The third kappa shape index (κ3) is 3.20. The number of hydrogen-bond acceptors (Lipinski definition) is 4. The number of nitrogens with one attached hydrogen (secondary N) is 1. The fourth-order valence-electron chi connectivity index (χ4n) is 2.51. The maximum atomic E-state index is 5.49. The van der Waals surface area contributed by atoms with E-state index in [1.165, 1.54) is 17.1 Å². The number of benzene rings is 1. The van der Waals surface area contributed by atoms with Crippen molar-refractivity contribution in [3.63, 3.8) is 0 Å². The molecule has 1 aromatic heterocycles. The minimum Gasteiger partial charge on any atom is -0.342 e. The van der Waals surface area contributed by atoms with Gasteiger partial charge in [0, 0.05) is 22.3 Å². The zero-order valence-corrected chi connectivity index (χ0v) is 14.6. The summed E-state index contributed by atoms with van der Waals surface area (Å²) in [7, 11) is 0. The fraction of sp³-hybridized carbons (Fsp3) is 0.375. The van der Waals surface area contributed by atoms with Crippen LogP contribution in [0.3, 0.4) is 0 Å². The highest BCUT2D eigenvalue weighted by Gasteiger charge is 2.26. The Morgan fingerprint density at radius 3 is 2.62 bits per heavy atom. The van der Waals surface area contributed by atoms with Crippen molar-refractivity contribution in [3.8, 4) is 11.3 Å². The van der Waals surface area contributed by atoms with Crippen molar-refractivity contribution in [3.05, 3.63) is 46.4 Å². The molecule has 2 unspecified atom stereocenters. The summed E-state index contributed by atoms with van der Waals surface area (Å²) in [5.41, 5.74) is 3.33. The summed E-state index contributed by atoms with van der Waals surface area (Å²) < 4.78 is 0.714. The second-order valence-corrected chi connectivity index (χ2v) is 8.28. The van der Waals surface area contributed by atoms with E-state index in [1.807, 2.05) is 36.5 Å². The molecule has 2 atom stereocenters. The van der Waals surface area contributed by atoms with Crippen LogP contribution in [0.1, 0.15) is 23.6 Å². The Balaban J connectivity index is 2.08. The van der Waals surface area contributed by atoms with Crippen molar-refractivity contribution in [2.45, 2.75) is 24.3 Å². The molecule has 2 nitrogen and oxygen atoms in total. The van der Waals surface area contributed by atoms with E-state index >= 15 is 0 Å². The molecule has 110 valence electrons. The molecule has 21 heavy (non-hydrogen) atoms. The largest absolute Gasteiger partial charge is 0.342 e. The van der Waals surface area contributed by atoms with Crippen molar-refractivity contribution in [1.29, 1.82) is 0 Å². The Hall–Kier alpha value is -0.780. The van der Waals surface area contributed by atoms with Crippen LogP contribution in [0.2, 0.25) is 0 Å². The smallest absolute Gasteiger partial charge is 0.133 e. The molecule has 0 amide bonds. The summed E-state index contributed by atoms with van der Waals surface area (Å²) in [5, 5.41) is 0.960. The Labute approximate surface area is 139 Å². The predicted octanol–water partition coefficient (Wildman–Crippen LogP) is 5.02. The molecule has 2 heterocycles. The van der Waals surface area contributed by atoms with Crippen molar-refractivity contribution >= 4 is 35.7 Å². The lowest BCUT2D eigenvalue weighted by Crippen LogP contribution is -2.18. The molecule has 0 spiro atoms. The monoisotopic (exact) mass is 334 g/mol. The number of aromatic nitrogens is 2. The highest BCUT2D eigenvalue weighted by atomic mass is 32.2. The summed E-state index contributed by atoms with van der Waals surface area (Å²) in [6.07, 6.45) is 0. The van der Waals surface area contributed by atoms with Gasteiger partial charge in [-0.2, -0.15) is 11.8 Å². The Kier molecular flexibility index (Phi) is 4.72. The van der Waals surface area contributed by atoms with Gasteiger partial charge in [-0.25, -0.2) is 4.98 Å². The third-order valence-corrected chi connectivity index (χ3v) is 7.19. The lowest BCUT2D eigenvalue weighted by atomic mass is 10.1. The zero-order chi connectivity index (χ0) is 14.8.